The second-order valence-electron chi connectivity index (χ2n) is 4.26. The Morgan fingerprint density at radius 2 is 2.28 bits per heavy atom. The van der Waals surface area contributed by atoms with E-state index in [1.54, 1.807) is 11.8 Å². The van der Waals surface area contributed by atoms with Gasteiger partial charge in [0, 0.05) is 12.2 Å². The summed E-state index contributed by atoms with van der Waals surface area (Å²) in [6, 6.07) is 2.35. The normalized spacial score (nSPS) is 14.1. The summed E-state index contributed by atoms with van der Waals surface area (Å²) in [6.45, 7) is 6.87. The van der Waals surface area contributed by atoms with Gasteiger partial charge in [-0.25, -0.2) is 4.98 Å². The minimum atomic E-state index is -0.398. The molecular formula is C12H20N4S2. The van der Waals surface area contributed by atoms with Crippen LogP contribution in [0.25, 0.3) is 0 Å². The van der Waals surface area contributed by atoms with E-state index in [-0.39, 0.29) is 0 Å². The number of nitriles is 1. The highest BCUT2D eigenvalue weighted by molar-refractivity contribution is 8.00. The van der Waals surface area contributed by atoms with Crippen LogP contribution in [-0.2, 0) is 6.42 Å². The summed E-state index contributed by atoms with van der Waals surface area (Å²) >= 11 is 3.20. The fraction of sp³-hybridized carbons (Fsp3) is 0.750. The van der Waals surface area contributed by atoms with Gasteiger partial charge in [0.25, 0.3) is 0 Å². The lowest BCUT2D eigenvalue weighted by Gasteiger charge is -2.21. The molecule has 0 spiro atoms. The SMILES string of the molecule is CCNC(C)(C#N)CCCSc1nc(CC)ns1. The van der Waals surface area contributed by atoms with Gasteiger partial charge in [-0.2, -0.15) is 9.64 Å². The minimum absolute atomic E-state index is 0.398. The van der Waals surface area contributed by atoms with E-state index in [0.717, 1.165) is 41.7 Å². The lowest BCUT2D eigenvalue weighted by atomic mass is 9.98. The lowest BCUT2D eigenvalue weighted by Crippen LogP contribution is -2.40. The van der Waals surface area contributed by atoms with Crippen LogP contribution < -0.4 is 5.32 Å². The fourth-order valence-corrected chi connectivity index (χ4v) is 3.30. The molecule has 0 saturated carbocycles. The lowest BCUT2D eigenvalue weighted by molar-refractivity contribution is 0.426. The Labute approximate surface area is 117 Å². The largest absolute Gasteiger partial charge is 0.300 e. The Morgan fingerprint density at radius 1 is 1.50 bits per heavy atom. The van der Waals surface area contributed by atoms with Crippen molar-refractivity contribution in [1.29, 1.82) is 5.26 Å². The Morgan fingerprint density at radius 3 is 2.83 bits per heavy atom. The van der Waals surface area contributed by atoms with E-state index >= 15 is 0 Å². The first-order valence-corrected chi connectivity index (χ1v) is 8.01. The zero-order chi connectivity index (χ0) is 13.4. The van der Waals surface area contributed by atoms with Crippen LogP contribution >= 0.6 is 23.3 Å². The van der Waals surface area contributed by atoms with E-state index < -0.39 is 5.54 Å². The van der Waals surface area contributed by atoms with Gasteiger partial charge in [-0.1, -0.05) is 25.6 Å². The van der Waals surface area contributed by atoms with Crippen molar-refractivity contribution in [2.24, 2.45) is 0 Å². The smallest absolute Gasteiger partial charge is 0.170 e. The minimum Gasteiger partial charge on any atom is -0.300 e. The molecular weight excluding hydrogens is 264 g/mol. The van der Waals surface area contributed by atoms with Crippen molar-refractivity contribution in [2.75, 3.05) is 12.3 Å². The van der Waals surface area contributed by atoms with Crippen molar-refractivity contribution in [3.63, 3.8) is 0 Å². The third-order valence-electron chi connectivity index (χ3n) is 2.63. The summed E-state index contributed by atoms with van der Waals surface area (Å²) < 4.78 is 5.29. The van der Waals surface area contributed by atoms with Gasteiger partial charge >= 0.3 is 0 Å². The van der Waals surface area contributed by atoms with E-state index in [9.17, 15) is 0 Å². The monoisotopic (exact) mass is 284 g/mol. The van der Waals surface area contributed by atoms with Crippen LogP contribution in [-0.4, -0.2) is 27.2 Å². The Bertz CT molecular complexity index is 399. The van der Waals surface area contributed by atoms with Gasteiger partial charge in [-0.15, -0.1) is 0 Å². The standard InChI is InChI=1S/C12H20N4S2/c1-4-10-15-11(18-16-10)17-8-6-7-12(3,9-13)14-5-2/h14H,4-8H2,1-3H3. The van der Waals surface area contributed by atoms with E-state index in [1.807, 2.05) is 13.8 Å². The van der Waals surface area contributed by atoms with Gasteiger partial charge in [0.05, 0.1) is 6.07 Å². The van der Waals surface area contributed by atoms with Gasteiger partial charge in [-0.05, 0) is 37.8 Å². The van der Waals surface area contributed by atoms with Crippen LogP contribution in [0.1, 0.15) is 39.4 Å². The maximum Gasteiger partial charge on any atom is 0.170 e. The molecule has 1 rings (SSSR count). The number of hydrogen-bond donors (Lipinski definition) is 1. The molecule has 100 valence electrons. The number of aromatic nitrogens is 2. The predicted octanol–water partition coefficient (Wildman–Crippen LogP) is 2.86. The van der Waals surface area contributed by atoms with Gasteiger partial charge in [0.15, 0.2) is 4.34 Å². The molecule has 18 heavy (non-hydrogen) atoms. The molecule has 6 heteroatoms. The van der Waals surface area contributed by atoms with Crippen molar-refractivity contribution in [2.45, 2.75) is 49.9 Å². The number of aryl methyl sites for hydroxylation is 1. The van der Waals surface area contributed by atoms with Crippen LogP contribution in [0, 0.1) is 11.3 Å². The molecule has 4 nitrogen and oxygen atoms in total. The highest BCUT2D eigenvalue weighted by Crippen LogP contribution is 2.23. The van der Waals surface area contributed by atoms with E-state index in [1.165, 1.54) is 11.5 Å². The number of thioether (sulfide) groups is 1. The first-order valence-electron chi connectivity index (χ1n) is 6.25. The Hall–Kier alpha value is -0.640. The van der Waals surface area contributed by atoms with Gasteiger partial charge in [0.1, 0.15) is 11.4 Å². The number of rotatable bonds is 8. The van der Waals surface area contributed by atoms with E-state index in [0.29, 0.717) is 0 Å². The quantitative estimate of drug-likeness (QED) is 0.587. The Kier molecular flexibility index (Phi) is 6.61. The second-order valence-corrected chi connectivity index (χ2v) is 6.35. The molecule has 0 aliphatic carbocycles. The van der Waals surface area contributed by atoms with Crippen molar-refractivity contribution >= 4 is 23.3 Å². The van der Waals surface area contributed by atoms with Crippen LogP contribution in [0.5, 0.6) is 0 Å². The van der Waals surface area contributed by atoms with Gasteiger partial charge in [-0.3, -0.25) is 5.32 Å². The van der Waals surface area contributed by atoms with Crippen LogP contribution in [0.2, 0.25) is 0 Å². The molecule has 0 radical (unpaired) electrons. The van der Waals surface area contributed by atoms with Crippen molar-refractivity contribution < 1.29 is 0 Å². The molecule has 1 unspecified atom stereocenters. The summed E-state index contributed by atoms with van der Waals surface area (Å²) in [5.41, 5.74) is -0.398. The molecule has 0 amide bonds. The zero-order valence-corrected chi connectivity index (χ0v) is 12.8. The average Bonchev–Trinajstić information content (AvgIpc) is 2.83. The highest BCUT2D eigenvalue weighted by Gasteiger charge is 2.21. The molecule has 0 aliphatic heterocycles. The van der Waals surface area contributed by atoms with Crippen molar-refractivity contribution in [3.05, 3.63) is 5.82 Å². The molecule has 0 bridgehead atoms. The molecule has 0 fully saturated rings. The second kappa shape index (κ2) is 7.72. The van der Waals surface area contributed by atoms with E-state index in [4.69, 9.17) is 5.26 Å². The van der Waals surface area contributed by atoms with Gasteiger partial charge < -0.3 is 0 Å². The molecule has 1 aromatic rings. The molecule has 0 aliphatic rings. The number of nitrogens with zero attached hydrogens (tertiary/aromatic N) is 3. The summed E-state index contributed by atoms with van der Waals surface area (Å²) in [4.78, 5) is 4.41. The van der Waals surface area contributed by atoms with E-state index in [2.05, 4.69) is 27.7 Å². The maximum absolute atomic E-state index is 9.13. The predicted molar refractivity (Wildman–Crippen MR) is 76.9 cm³/mol. The highest BCUT2D eigenvalue weighted by atomic mass is 32.2. The Balaban J connectivity index is 2.28. The molecule has 1 aromatic heterocycles. The molecule has 0 aromatic carbocycles. The van der Waals surface area contributed by atoms with Gasteiger partial charge in [0.2, 0.25) is 0 Å². The zero-order valence-electron chi connectivity index (χ0n) is 11.2. The topological polar surface area (TPSA) is 61.6 Å². The average molecular weight is 284 g/mol. The molecule has 1 heterocycles. The first-order chi connectivity index (χ1) is 8.63. The van der Waals surface area contributed by atoms with Crippen molar-refractivity contribution in [1.82, 2.24) is 14.7 Å². The van der Waals surface area contributed by atoms with Crippen LogP contribution in [0.4, 0.5) is 0 Å². The summed E-state index contributed by atoms with van der Waals surface area (Å²) in [7, 11) is 0. The fourth-order valence-electron chi connectivity index (χ4n) is 1.60. The summed E-state index contributed by atoms with van der Waals surface area (Å²) in [5.74, 6) is 1.91. The number of hydrogen-bond acceptors (Lipinski definition) is 6. The number of nitrogens with one attached hydrogen (secondary N) is 1. The summed E-state index contributed by atoms with van der Waals surface area (Å²) in [5, 5.41) is 12.4. The first kappa shape index (κ1) is 15.4. The molecule has 0 saturated heterocycles. The molecule has 1 N–H and O–H groups in total. The maximum atomic E-state index is 9.13. The van der Waals surface area contributed by atoms with Crippen LogP contribution in [0.15, 0.2) is 4.34 Å². The third kappa shape index (κ3) is 4.92. The van der Waals surface area contributed by atoms with Crippen molar-refractivity contribution in [3.8, 4) is 6.07 Å². The summed E-state index contributed by atoms with van der Waals surface area (Å²) in [6.07, 6.45) is 2.76. The third-order valence-corrected chi connectivity index (χ3v) is 4.58. The molecule has 1 atom stereocenters. The van der Waals surface area contributed by atoms with Crippen LogP contribution in [0.3, 0.4) is 0 Å².